The molecule has 1 N–H and O–H groups in total. The molecule has 1 aliphatic heterocycles. The molecule has 0 spiro atoms. The Balaban J connectivity index is 1.55. The number of hydrogen-bond acceptors (Lipinski definition) is 3. The van der Waals surface area contributed by atoms with E-state index < -0.39 is 0 Å². The predicted octanol–water partition coefficient (Wildman–Crippen LogP) is 3.69. The number of nitrogens with one attached hydrogen (secondary N) is 1. The molecule has 0 saturated carbocycles. The zero-order valence-corrected chi connectivity index (χ0v) is 14.7. The van der Waals surface area contributed by atoms with E-state index in [-0.39, 0.29) is 12.1 Å². The summed E-state index contributed by atoms with van der Waals surface area (Å²) >= 11 is 0. The lowest BCUT2D eigenvalue weighted by atomic mass is 10.2. The van der Waals surface area contributed by atoms with Crippen molar-refractivity contribution in [1.82, 2.24) is 14.7 Å². The van der Waals surface area contributed by atoms with E-state index in [2.05, 4.69) is 17.3 Å². The van der Waals surface area contributed by atoms with E-state index in [9.17, 15) is 4.79 Å². The minimum Gasteiger partial charge on any atom is -0.378 e. The van der Waals surface area contributed by atoms with Gasteiger partial charge >= 0.3 is 6.03 Å². The summed E-state index contributed by atoms with van der Waals surface area (Å²) in [6, 6.07) is 9.77. The van der Waals surface area contributed by atoms with E-state index in [1.54, 1.807) is 10.9 Å². The topological polar surface area (TPSA) is 59.4 Å². The van der Waals surface area contributed by atoms with Crippen LogP contribution in [0.15, 0.2) is 42.7 Å². The quantitative estimate of drug-likeness (QED) is 0.901. The molecular formula is C19H26N4O2. The van der Waals surface area contributed by atoms with Crippen molar-refractivity contribution in [2.45, 2.75) is 38.7 Å². The molecule has 1 aliphatic rings. The van der Waals surface area contributed by atoms with Gasteiger partial charge in [-0.3, -0.25) is 0 Å². The zero-order chi connectivity index (χ0) is 17.5. The number of nitrogens with zero attached hydrogens (tertiary/aromatic N) is 3. The van der Waals surface area contributed by atoms with Crippen LogP contribution in [0.5, 0.6) is 0 Å². The van der Waals surface area contributed by atoms with Gasteiger partial charge in [0.05, 0.1) is 29.9 Å². The first-order valence-electron chi connectivity index (χ1n) is 9.04. The van der Waals surface area contributed by atoms with Crippen LogP contribution in [0.2, 0.25) is 0 Å². The molecule has 0 aliphatic carbocycles. The predicted molar refractivity (Wildman–Crippen MR) is 98.0 cm³/mol. The largest absolute Gasteiger partial charge is 0.378 e. The number of urea groups is 1. The summed E-state index contributed by atoms with van der Waals surface area (Å²) in [4.78, 5) is 14.4. The molecule has 0 bridgehead atoms. The number of para-hydroxylation sites is 1. The molecule has 134 valence electrons. The highest BCUT2D eigenvalue weighted by Gasteiger charge is 2.21. The van der Waals surface area contributed by atoms with E-state index in [4.69, 9.17) is 4.74 Å². The lowest BCUT2D eigenvalue weighted by Gasteiger charge is -2.20. The van der Waals surface area contributed by atoms with E-state index in [0.717, 1.165) is 51.1 Å². The van der Waals surface area contributed by atoms with Crippen molar-refractivity contribution < 1.29 is 9.53 Å². The Morgan fingerprint density at radius 3 is 2.92 bits per heavy atom. The highest BCUT2D eigenvalue weighted by atomic mass is 16.5. The van der Waals surface area contributed by atoms with Crippen LogP contribution in [0.25, 0.3) is 5.69 Å². The number of aromatic nitrogens is 2. The second kappa shape index (κ2) is 8.67. The molecule has 6 heteroatoms. The van der Waals surface area contributed by atoms with Gasteiger partial charge in [0.2, 0.25) is 0 Å². The Morgan fingerprint density at radius 2 is 2.12 bits per heavy atom. The van der Waals surface area contributed by atoms with Crippen LogP contribution in [-0.4, -0.2) is 46.5 Å². The lowest BCUT2D eigenvalue weighted by Crippen LogP contribution is -2.35. The second-order valence-corrected chi connectivity index (χ2v) is 6.35. The zero-order valence-electron chi connectivity index (χ0n) is 14.7. The second-order valence-electron chi connectivity index (χ2n) is 6.35. The number of ether oxygens (including phenoxy) is 1. The summed E-state index contributed by atoms with van der Waals surface area (Å²) in [6.07, 6.45) is 7.72. The van der Waals surface area contributed by atoms with Crippen molar-refractivity contribution in [2.75, 3.05) is 25.0 Å². The van der Waals surface area contributed by atoms with Crippen molar-refractivity contribution in [3.63, 3.8) is 0 Å². The van der Waals surface area contributed by atoms with E-state index >= 15 is 0 Å². The first-order valence-corrected chi connectivity index (χ1v) is 9.04. The van der Waals surface area contributed by atoms with Crippen LogP contribution >= 0.6 is 0 Å². The molecule has 1 atom stereocenters. The van der Waals surface area contributed by atoms with E-state index in [1.165, 1.54) is 0 Å². The van der Waals surface area contributed by atoms with Crippen LogP contribution in [0, 0.1) is 0 Å². The molecule has 0 unspecified atom stereocenters. The molecule has 1 aromatic carbocycles. The number of anilines is 1. The summed E-state index contributed by atoms with van der Waals surface area (Å²) in [5.41, 5.74) is 1.67. The van der Waals surface area contributed by atoms with Crippen LogP contribution < -0.4 is 5.32 Å². The summed E-state index contributed by atoms with van der Waals surface area (Å²) in [6.45, 7) is 4.42. The maximum atomic E-state index is 12.5. The van der Waals surface area contributed by atoms with Crippen molar-refractivity contribution in [1.29, 1.82) is 0 Å². The Kier molecular flexibility index (Phi) is 6.06. The summed E-state index contributed by atoms with van der Waals surface area (Å²) in [5.74, 6) is 0. The number of carbonyl (C=O) groups is 1. The van der Waals surface area contributed by atoms with Crippen LogP contribution in [0.1, 0.15) is 32.6 Å². The fourth-order valence-corrected chi connectivity index (χ4v) is 3.03. The normalized spacial score (nSPS) is 18.0. The van der Waals surface area contributed by atoms with Crippen molar-refractivity contribution in [2.24, 2.45) is 0 Å². The fraction of sp³-hybridized carbons (Fsp3) is 0.474. The minimum atomic E-state index is -0.0660. The fourth-order valence-electron chi connectivity index (χ4n) is 3.03. The lowest BCUT2D eigenvalue weighted by molar-refractivity contribution is 0.0446. The van der Waals surface area contributed by atoms with Gasteiger partial charge in [-0.15, -0.1) is 0 Å². The number of rotatable bonds is 5. The van der Waals surface area contributed by atoms with Gasteiger partial charge in [0, 0.05) is 19.7 Å². The molecule has 6 nitrogen and oxygen atoms in total. The smallest absolute Gasteiger partial charge is 0.321 e. The van der Waals surface area contributed by atoms with Crippen LogP contribution in [0.4, 0.5) is 10.5 Å². The molecule has 2 heterocycles. The number of carbonyl (C=O) groups excluding carboxylic acids is 1. The summed E-state index contributed by atoms with van der Waals surface area (Å²) in [5, 5.41) is 7.26. The van der Waals surface area contributed by atoms with Crippen molar-refractivity contribution >= 4 is 11.7 Å². The van der Waals surface area contributed by atoms with Gasteiger partial charge in [0.15, 0.2) is 0 Å². The average Bonchev–Trinajstić information content (AvgIpc) is 2.97. The molecule has 1 fully saturated rings. The van der Waals surface area contributed by atoms with Gasteiger partial charge < -0.3 is 15.0 Å². The van der Waals surface area contributed by atoms with Gasteiger partial charge in [-0.1, -0.05) is 25.1 Å². The molecule has 0 radical (unpaired) electrons. The molecule has 2 amide bonds. The third-order valence-electron chi connectivity index (χ3n) is 4.37. The Bertz CT molecular complexity index is 671. The Labute approximate surface area is 148 Å². The molecule has 3 rings (SSSR count). The van der Waals surface area contributed by atoms with Gasteiger partial charge in [0.25, 0.3) is 0 Å². The number of benzene rings is 1. The third-order valence-corrected chi connectivity index (χ3v) is 4.37. The number of hydrogen-bond donors (Lipinski definition) is 1. The number of amides is 2. The van der Waals surface area contributed by atoms with E-state index in [1.807, 2.05) is 41.4 Å². The van der Waals surface area contributed by atoms with E-state index in [0.29, 0.717) is 5.69 Å². The average molecular weight is 342 g/mol. The van der Waals surface area contributed by atoms with Gasteiger partial charge in [-0.25, -0.2) is 9.48 Å². The highest BCUT2D eigenvalue weighted by Crippen LogP contribution is 2.17. The highest BCUT2D eigenvalue weighted by molar-refractivity contribution is 5.89. The third kappa shape index (κ3) is 4.82. The van der Waals surface area contributed by atoms with Crippen molar-refractivity contribution in [3.05, 3.63) is 42.7 Å². The monoisotopic (exact) mass is 342 g/mol. The summed E-state index contributed by atoms with van der Waals surface area (Å²) < 4.78 is 7.60. The number of likely N-dealkylation sites (tertiary alicyclic amines) is 1. The summed E-state index contributed by atoms with van der Waals surface area (Å²) in [7, 11) is 0. The molecule has 1 saturated heterocycles. The van der Waals surface area contributed by atoms with Gasteiger partial charge in [-0.2, -0.15) is 5.10 Å². The first-order chi connectivity index (χ1) is 12.3. The molecule has 25 heavy (non-hydrogen) atoms. The van der Waals surface area contributed by atoms with Crippen LogP contribution in [0.3, 0.4) is 0 Å². The molecule has 1 aromatic heterocycles. The van der Waals surface area contributed by atoms with Crippen LogP contribution in [-0.2, 0) is 4.74 Å². The minimum absolute atomic E-state index is 0.0660. The first kappa shape index (κ1) is 17.5. The maximum absolute atomic E-state index is 12.5. The van der Waals surface area contributed by atoms with Gasteiger partial charge in [-0.05, 0) is 37.8 Å². The Morgan fingerprint density at radius 1 is 1.28 bits per heavy atom. The van der Waals surface area contributed by atoms with Gasteiger partial charge in [0.1, 0.15) is 0 Å². The standard InChI is InChI=1S/C19H26N4O2/c1-2-13-25-18-9-6-11-22(12-10-18)19(24)21-16-14-20-23(15-16)17-7-4-3-5-8-17/h3-5,7-8,14-15,18H,2,6,9-13H2,1H3,(H,21,24)/t18-/m0/s1. The Hall–Kier alpha value is -2.34. The maximum Gasteiger partial charge on any atom is 0.321 e. The van der Waals surface area contributed by atoms with Crippen molar-refractivity contribution in [3.8, 4) is 5.69 Å². The SMILES string of the molecule is CCCO[C@H]1CCCN(C(=O)Nc2cnn(-c3ccccc3)c2)CC1. The molecular weight excluding hydrogens is 316 g/mol. The molecule has 2 aromatic rings.